The predicted molar refractivity (Wildman–Crippen MR) is 62.1 cm³/mol. The number of ether oxygens (including phenoxy) is 3. The highest BCUT2D eigenvalue weighted by atomic mass is 35.5. The van der Waals surface area contributed by atoms with E-state index in [-0.39, 0.29) is 21.6 Å². The first-order valence-electron chi connectivity index (χ1n) is 4.99. The number of hydrogen-bond donors (Lipinski definition) is 0. The number of esters is 1. The maximum Gasteiger partial charge on any atom is 0.341 e. The van der Waals surface area contributed by atoms with Crippen molar-refractivity contribution in [2.45, 2.75) is 6.29 Å². The van der Waals surface area contributed by atoms with Crippen LogP contribution in [0.1, 0.15) is 10.4 Å². The van der Waals surface area contributed by atoms with Crippen LogP contribution in [0.25, 0.3) is 5.76 Å². The molecule has 1 aliphatic rings. The Morgan fingerprint density at radius 2 is 2.11 bits per heavy atom. The third-order valence-electron chi connectivity index (χ3n) is 2.54. The summed E-state index contributed by atoms with van der Waals surface area (Å²) in [5.41, 5.74) is 0.158. The Hall–Kier alpha value is -1.81. The minimum Gasteiger partial charge on any atom is -0.494 e. The highest BCUT2D eigenvalue weighted by Crippen LogP contribution is 2.17. The van der Waals surface area contributed by atoms with Crippen molar-refractivity contribution in [3.8, 4) is 0 Å². The second kappa shape index (κ2) is 4.82. The molecule has 1 aromatic rings. The van der Waals surface area contributed by atoms with Gasteiger partial charge in [0, 0.05) is 12.1 Å². The van der Waals surface area contributed by atoms with Crippen LogP contribution >= 0.6 is 11.6 Å². The average molecular weight is 269 g/mol. The first-order valence-corrected chi connectivity index (χ1v) is 5.36. The van der Waals surface area contributed by atoms with Crippen molar-refractivity contribution >= 4 is 29.3 Å². The van der Waals surface area contributed by atoms with Crippen LogP contribution in [0, 0.1) is 0 Å². The summed E-state index contributed by atoms with van der Waals surface area (Å²) in [4.78, 5) is 22.7. The van der Waals surface area contributed by atoms with Crippen molar-refractivity contribution in [2.24, 2.45) is 0 Å². The van der Waals surface area contributed by atoms with E-state index in [0.717, 1.165) is 0 Å². The molecule has 18 heavy (non-hydrogen) atoms. The molecule has 0 fully saturated rings. The van der Waals surface area contributed by atoms with Gasteiger partial charge in [-0.3, -0.25) is 0 Å². The van der Waals surface area contributed by atoms with Crippen molar-refractivity contribution in [3.05, 3.63) is 33.2 Å². The summed E-state index contributed by atoms with van der Waals surface area (Å²) in [7, 11) is 2.76. The minimum absolute atomic E-state index is 0.132. The molecule has 0 spiro atoms. The molecular weight excluding hydrogens is 260 g/mol. The first-order chi connectivity index (χ1) is 8.62. The summed E-state index contributed by atoms with van der Waals surface area (Å²) in [6, 6.07) is 2.81. The number of carbonyl (C=O) groups excluding carboxylic acids is 2. The molecule has 94 valence electrons. The highest BCUT2D eigenvalue weighted by Gasteiger charge is 2.29. The van der Waals surface area contributed by atoms with E-state index < -0.39 is 12.3 Å². The van der Waals surface area contributed by atoms with Gasteiger partial charge in [-0.2, -0.15) is 0 Å². The van der Waals surface area contributed by atoms with Gasteiger partial charge in [0.15, 0.2) is 5.76 Å². The van der Waals surface area contributed by atoms with Gasteiger partial charge in [0.05, 0.1) is 23.1 Å². The number of rotatable bonds is 2. The van der Waals surface area contributed by atoms with Gasteiger partial charge in [-0.15, -0.1) is 0 Å². The zero-order chi connectivity index (χ0) is 13.3. The SMILES string of the molecule is COC1=c2c(cc(Cl)cc2=C=O)C(=O)OC1OC. The standard InChI is InChI=1S/C12H9ClO5/c1-16-10-9-6(5-14)3-7(13)4-8(9)11(15)18-12(10)17-2/h3-4,12H,1-2H3. The van der Waals surface area contributed by atoms with Gasteiger partial charge in [-0.1, -0.05) is 11.6 Å². The Morgan fingerprint density at radius 3 is 2.67 bits per heavy atom. The first kappa shape index (κ1) is 12.6. The highest BCUT2D eigenvalue weighted by molar-refractivity contribution is 6.31. The topological polar surface area (TPSA) is 61.8 Å². The van der Waals surface area contributed by atoms with E-state index in [1.165, 1.54) is 26.4 Å². The number of cyclic esters (lactones) is 1. The van der Waals surface area contributed by atoms with Gasteiger partial charge in [-0.25, -0.2) is 9.59 Å². The molecule has 0 aliphatic carbocycles. The Morgan fingerprint density at radius 1 is 1.39 bits per heavy atom. The van der Waals surface area contributed by atoms with Crippen LogP contribution in [-0.4, -0.2) is 32.4 Å². The molecule has 6 heteroatoms. The van der Waals surface area contributed by atoms with Gasteiger partial charge in [0.2, 0.25) is 0 Å². The van der Waals surface area contributed by atoms with E-state index in [4.69, 9.17) is 25.8 Å². The molecule has 0 saturated carbocycles. The van der Waals surface area contributed by atoms with Gasteiger partial charge < -0.3 is 14.2 Å². The van der Waals surface area contributed by atoms with Gasteiger partial charge in [0.25, 0.3) is 6.29 Å². The molecule has 0 radical (unpaired) electrons. The molecule has 1 aromatic carbocycles. The van der Waals surface area contributed by atoms with Crippen molar-refractivity contribution in [1.82, 2.24) is 0 Å². The third kappa shape index (κ3) is 1.88. The smallest absolute Gasteiger partial charge is 0.341 e. The van der Waals surface area contributed by atoms with Gasteiger partial charge >= 0.3 is 5.97 Å². The second-order valence-corrected chi connectivity index (χ2v) is 3.96. The summed E-state index contributed by atoms with van der Waals surface area (Å²) < 4.78 is 15.1. The lowest BCUT2D eigenvalue weighted by molar-refractivity contribution is -0.0714. The van der Waals surface area contributed by atoms with Crippen LogP contribution in [0.3, 0.4) is 0 Å². The van der Waals surface area contributed by atoms with E-state index in [9.17, 15) is 9.59 Å². The maximum absolute atomic E-state index is 11.8. The molecule has 5 nitrogen and oxygen atoms in total. The molecule has 1 aliphatic heterocycles. The summed E-state index contributed by atoms with van der Waals surface area (Å²) in [6.45, 7) is 0. The van der Waals surface area contributed by atoms with Crippen molar-refractivity contribution in [3.63, 3.8) is 0 Å². The van der Waals surface area contributed by atoms with Crippen LogP contribution in [0.15, 0.2) is 12.1 Å². The zero-order valence-electron chi connectivity index (χ0n) is 9.65. The predicted octanol–water partition coefficient (Wildman–Crippen LogP) is -0.259. The summed E-state index contributed by atoms with van der Waals surface area (Å²) in [5.74, 6) is 1.34. The Bertz CT molecular complexity index is 645. The van der Waals surface area contributed by atoms with Crippen molar-refractivity contribution in [2.75, 3.05) is 14.2 Å². The normalized spacial score (nSPS) is 17.8. The van der Waals surface area contributed by atoms with Crippen LogP contribution in [0.5, 0.6) is 0 Å². The fourth-order valence-electron chi connectivity index (χ4n) is 1.80. The summed E-state index contributed by atoms with van der Waals surface area (Å²) in [5, 5.41) is 0.684. The van der Waals surface area contributed by atoms with Crippen LogP contribution in [0.4, 0.5) is 0 Å². The summed E-state index contributed by atoms with van der Waals surface area (Å²) >= 11 is 5.82. The lowest BCUT2D eigenvalue weighted by Crippen LogP contribution is -2.43. The minimum atomic E-state index is -0.983. The van der Waals surface area contributed by atoms with E-state index >= 15 is 0 Å². The molecule has 0 aromatic heterocycles. The molecule has 0 saturated heterocycles. The van der Waals surface area contributed by atoms with Crippen LogP contribution in [-0.2, 0) is 19.0 Å². The van der Waals surface area contributed by atoms with Gasteiger partial charge in [0.1, 0.15) is 5.94 Å². The Labute approximate surface area is 107 Å². The second-order valence-electron chi connectivity index (χ2n) is 3.52. The zero-order valence-corrected chi connectivity index (χ0v) is 10.4. The number of benzene rings is 1. The quantitative estimate of drug-likeness (QED) is 0.692. The number of carbonyl (C=O) groups is 1. The Balaban J connectivity index is 2.98. The van der Waals surface area contributed by atoms with Crippen molar-refractivity contribution in [1.29, 1.82) is 0 Å². The van der Waals surface area contributed by atoms with E-state index in [1.807, 2.05) is 0 Å². The number of methoxy groups -OCH3 is 2. The van der Waals surface area contributed by atoms with E-state index in [0.29, 0.717) is 5.22 Å². The average Bonchev–Trinajstić information content (AvgIpc) is 2.38. The largest absolute Gasteiger partial charge is 0.494 e. The third-order valence-corrected chi connectivity index (χ3v) is 2.76. The van der Waals surface area contributed by atoms with Gasteiger partial charge in [-0.05, 0) is 12.1 Å². The van der Waals surface area contributed by atoms with E-state index in [2.05, 4.69) is 0 Å². The number of hydrogen-bond acceptors (Lipinski definition) is 5. The van der Waals surface area contributed by atoms with Crippen LogP contribution < -0.4 is 10.4 Å². The molecule has 1 atom stereocenters. The number of fused-ring (bicyclic) bond motifs is 1. The van der Waals surface area contributed by atoms with E-state index in [1.54, 1.807) is 5.94 Å². The maximum atomic E-state index is 11.8. The Kier molecular flexibility index (Phi) is 3.39. The summed E-state index contributed by atoms with van der Waals surface area (Å²) in [6.07, 6.45) is -0.983. The molecule has 0 amide bonds. The molecule has 1 heterocycles. The fourth-order valence-corrected chi connectivity index (χ4v) is 2.02. The molecule has 0 bridgehead atoms. The fraction of sp³-hybridized carbons (Fsp3) is 0.250. The monoisotopic (exact) mass is 268 g/mol. The molecule has 0 N–H and O–H groups in total. The lowest BCUT2D eigenvalue weighted by Gasteiger charge is -2.23. The molecule has 1 unspecified atom stereocenters. The molecule has 2 rings (SSSR count). The lowest BCUT2D eigenvalue weighted by atomic mass is 10.1. The molecular formula is C12H9ClO5. The van der Waals surface area contributed by atoms with Crippen LogP contribution in [0.2, 0.25) is 5.02 Å². The number of halogens is 1. The van der Waals surface area contributed by atoms with Crippen molar-refractivity contribution < 1.29 is 23.8 Å².